The quantitative estimate of drug-likeness (QED) is 0.626. The highest BCUT2D eigenvalue weighted by molar-refractivity contribution is 6.31. The fraction of sp³-hybridized carbons (Fsp3) is 0.235. The summed E-state index contributed by atoms with van der Waals surface area (Å²) in [5.41, 5.74) is 8.14. The van der Waals surface area contributed by atoms with Gasteiger partial charge in [0.15, 0.2) is 5.96 Å². The van der Waals surface area contributed by atoms with E-state index in [2.05, 4.69) is 10.3 Å². The lowest BCUT2D eigenvalue weighted by molar-refractivity contribution is 0.185. The van der Waals surface area contributed by atoms with Crippen LogP contribution in [-0.4, -0.2) is 19.6 Å². The second-order valence-corrected chi connectivity index (χ2v) is 5.34. The standard InChI is InChI=1S/C17H19ClFN3O/c1-23-11-12-5-2-3-8-16(12)22-17(20)21-10-9-13-14(18)6-4-7-15(13)19/h2-8H,9-11H2,1H3,(H3,20,21,22). The summed E-state index contributed by atoms with van der Waals surface area (Å²) >= 11 is 5.98. The minimum atomic E-state index is -0.329. The Morgan fingerprint density at radius 3 is 2.78 bits per heavy atom. The van der Waals surface area contributed by atoms with E-state index in [0.717, 1.165) is 11.3 Å². The maximum atomic E-state index is 13.7. The van der Waals surface area contributed by atoms with Gasteiger partial charge >= 0.3 is 0 Å². The largest absolute Gasteiger partial charge is 0.380 e. The number of benzene rings is 2. The Labute approximate surface area is 140 Å². The monoisotopic (exact) mass is 335 g/mol. The van der Waals surface area contributed by atoms with Crippen LogP contribution in [-0.2, 0) is 17.8 Å². The number of rotatable bonds is 6. The van der Waals surface area contributed by atoms with Crippen molar-refractivity contribution in [2.75, 3.05) is 19.0 Å². The van der Waals surface area contributed by atoms with Gasteiger partial charge in [0, 0.05) is 35.5 Å². The van der Waals surface area contributed by atoms with E-state index in [4.69, 9.17) is 22.1 Å². The molecule has 0 aliphatic carbocycles. The van der Waals surface area contributed by atoms with Crippen LogP contribution in [0.1, 0.15) is 11.1 Å². The molecule has 0 radical (unpaired) electrons. The van der Waals surface area contributed by atoms with E-state index in [9.17, 15) is 4.39 Å². The molecule has 2 rings (SSSR count). The van der Waals surface area contributed by atoms with Gasteiger partial charge in [-0.15, -0.1) is 0 Å². The molecule has 23 heavy (non-hydrogen) atoms. The number of methoxy groups -OCH3 is 1. The molecule has 0 aromatic heterocycles. The number of anilines is 1. The van der Waals surface area contributed by atoms with Gasteiger partial charge < -0.3 is 15.8 Å². The van der Waals surface area contributed by atoms with Crippen molar-refractivity contribution in [1.29, 1.82) is 0 Å². The molecule has 0 fully saturated rings. The number of hydrogen-bond donors (Lipinski definition) is 2. The van der Waals surface area contributed by atoms with Crippen LogP contribution in [0.15, 0.2) is 47.5 Å². The first-order valence-corrected chi connectivity index (χ1v) is 7.56. The van der Waals surface area contributed by atoms with Gasteiger partial charge in [-0.05, 0) is 24.6 Å². The molecule has 0 spiro atoms. The number of halogens is 2. The average molecular weight is 336 g/mol. The van der Waals surface area contributed by atoms with E-state index in [-0.39, 0.29) is 11.8 Å². The van der Waals surface area contributed by atoms with Crippen molar-refractivity contribution in [2.45, 2.75) is 13.0 Å². The topological polar surface area (TPSA) is 59.6 Å². The molecule has 0 bridgehead atoms. The zero-order valence-corrected chi connectivity index (χ0v) is 13.6. The minimum absolute atomic E-state index is 0.265. The summed E-state index contributed by atoms with van der Waals surface area (Å²) < 4.78 is 18.8. The molecule has 3 N–H and O–H groups in total. The Hall–Kier alpha value is -2.11. The number of hydrogen-bond acceptors (Lipinski definition) is 2. The second kappa shape index (κ2) is 8.50. The van der Waals surface area contributed by atoms with Crippen LogP contribution in [0.3, 0.4) is 0 Å². The third-order valence-electron chi connectivity index (χ3n) is 3.29. The molecule has 0 unspecified atom stereocenters. The van der Waals surface area contributed by atoms with Crippen molar-refractivity contribution in [2.24, 2.45) is 10.7 Å². The second-order valence-electron chi connectivity index (χ2n) is 4.93. The van der Waals surface area contributed by atoms with E-state index >= 15 is 0 Å². The molecule has 122 valence electrons. The number of ether oxygens (including phenoxy) is 1. The first-order valence-electron chi connectivity index (χ1n) is 7.18. The van der Waals surface area contributed by atoms with Gasteiger partial charge in [0.05, 0.1) is 6.61 Å². The van der Waals surface area contributed by atoms with Gasteiger partial charge in [0.2, 0.25) is 0 Å². The van der Waals surface area contributed by atoms with E-state index in [1.54, 1.807) is 19.2 Å². The molecule has 6 heteroatoms. The third-order valence-corrected chi connectivity index (χ3v) is 3.64. The maximum absolute atomic E-state index is 13.7. The number of para-hydroxylation sites is 1. The molecule has 0 atom stereocenters. The van der Waals surface area contributed by atoms with Crippen LogP contribution in [0.5, 0.6) is 0 Å². The Bertz CT molecular complexity index is 671. The van der Waals surface area contributed by atoms with Gasteiger partial charge in [-0.3, -0.25) is 4.99 Å². The molecule has 2 aromatic rings. The van der Waals surface area contributed by atoms with E-state index in [0.29, 0.717) is 30.2 Å². The summed E-state index contributed by atoms with van der Waals surface area (Å²) in [4.78, 5) is 4.22. The Balaban J connectivity index is 1.99. The lowest BCUT2D eigenvalue weighted by atomic mass is 10.1. The summed E-state index contributed by atoms with van der Waals surface area (Å²) in [6.07, 6.45) is 0.383. The van der Waals surface area contributed by atoms with Gasteiger partial charge in [0.25, 0.3) is 0 Å². The molecule has 2 aromatic carbocycles. The van der Waals surface area contributed by atoms with Crippen molar-refractivity contribution in [1.82, 2.24) is 0 Å². The number of aliphatic imine (C=N–C) groups is 1. The van der Waals surface area contributed by atoms with Crippen LogP contribution in [0.4, 0.5) is 10.1 Å². The SMILES string of the molecule is COCc1ccccc1NC(N)=NCCc1c(F)cccc1Cl. The van der Waals surface area contributed by atoms with Gasteiger partial charge in [-0.25, -0.2) is 4.39 Å². The van der Waals surface area contributed by atoms with Crippen molar-refractivity contribution < 1.29 is 9.13 Å². The molecular weight excluding hydrogens is 317 g/mol. The summed E-state index contributed by atoms with van der Waals surface area (Å²) in [6.45, 7) is 0.813. The minimum Gasteiger partial charge on any atom is -0.380 e. The molecular formula is C17H19ClFN3O. The van der Waals surface area contributed by atoms with Gasteiger partial charge in [-0.1, -0.05) is 35.9 Å². The van der Waals surface area contributed by atoms with Crippen LogP contribution in [0.25, 0.3) is 0 Å². The Morgan fingerprint density at radius 2 is 2.04 bits per heavy atom. The fourth-order valence-electron chi connectivity index (χ4n) is 2.16. The number of nitrogens with one attached hydrogen (secondary N) is 1. The summed E-state index contributed by atoms with van der Waals surface area (Å²) in [5.74, 6) is -0.0642. The fourth-order valence-corrected chi connectivity index (χ4v) is 2.42. The van der Waals surface area contributed by atoms with Crippen molar-refractivity contribution in [3.63, 3.8) is 0 Å². The molecule has 0 amide bonds. The first-order chi connectivity index (χ1) is 11.1. The van der Waals surface area contributed by atoms with Crippen LogP contribution in [0.2, 0.25) is 5.02 Å². The molecule has 0 saturated carbocycles. The molecule has 4 nitrogen and oxygen atoms in total. The smallest absolute Gasteiger partial charge is 0.193 e. The third kappa shape index (κ3) is 4.94. The molecule has 0 aliphatic heterocycles. The number of nitrogens with two attached hydrogens (primary N) is 1. The normalized spacial score (nSPS) is 11.5. The maximum Gasteiger partial charge on any atom is 0.193 e. The highest BCUT2D eigenvalue weighted by Gasteiger charge is 2.06. The Kier molecular flexibility index (Phi) is 6.38. The van der Waals surface area contributed by atoms with Crippen LogP contribution in [0, 0.1) is 5.82 Å². The van der Waals surface area contributed by atoms with Crippen molar-refractivity contribution in [3.05, 3.63) is 64.4 Å². The van der Waals surface area contributed by atoms with Crippen molar-refractivity contribution in [3.8, 4) is 0 Å². The van der Waals surface area contributed by atoms with Crippen LogP contribution >= 0.6 is 11.6 Å². The Morgan fingerprint density at radius 1 is 1.26 bits per heavy atom. The predicted molar refractivity (Wildman–Crippen MR) is 92.4 cm³/mol. The van der Waals surface area contributed by atoms with Crippen molar-refractivity contribution >= 4 is 23.2 Å². The highest BCUT2D eigenvalue weighted by Crippen LogP contribution is 2.19. The zero-order valence-electron chi connectivity index (χ0n) is 12.9. The first kappa shape index (κ1) is 17.2. The molecule has 0 aliphatic rings. The highest BCUT2D eigenvalue weighted by atomic mass is 35.5. The lowest BCUT2D eigenvalue weighted by Crippen LogP contribution is -2.24. The van der Waals surface area contributed by atoms with E-state index in [1.807, 2.05) is 24.3 Å². The summed E-state index contributed by atoms with van der Waals surface area (Å²) in [5, 5.41) is 3.43. The number of nitrogens with zero attached hydrogens (tertiary/aromatic N) is 1. The predicted octanol–water partition coefficient (Wildman–Crippen LogP) is 3.59. The molecule has 0 heterocycles. The average Bonchev–Trinajstić information content (AvgIpc) is 2.52. The lowest BCUT2D eigenvalue weighted by Gasteiger charge is -2.11. The summed E-state index contributed by atoms with van der Waals surface area (Å²) in [7, 11) is 1.63. The van der Waals surface area contributed by atoms with E-state index < -0.39 is 0 Å². The number of guanidine groups is 1. The van der Waals surface area contributed by atoms with Crippen LogP contribution < -0.4 is 11.1 Å². The van der Waals surface area contributed by atoms with Gasteiger partial charge in [-0.2, -0.15) is 0 Å². The zero-order chi connectivity index (χ0) is 16.7. The van der Waals surface area contributed by atoms with Gasteiger partial charge in [0.1, 0.15) is 5.82 Å². The van der Waals surface area contributed by atoms with E-state index in [1.165, 1.54) is 6.07 Å². The molecule has 0 saturated heterocycles. The summed E-state index contributed by atoms with van der Waals surface area (Å²) in [6, 6.07) is 12.3.